The first-order valence-corrected chi connectivity index (χ1v) is 24.4. The van der Waals surface area contributed by atoms with E-state index in [-0.39, 0.29) is 40.8 Å². The van der Waals surface area contributed by atoms with Gasteiger partial charge in [-0.25, -0.2) is 0 Å². The number of hydrogen-bond acceptors (Lipinski definition) is 5. The number of amides is 2. The average Bonchev–Trinajstić information content (AvgIpc) is 3.58. The van der Waals surface area contributed by atoms with Gasteiger partial charge >= 0.3 is 0 Å². The maximum absolute atomic E-state index is 13.0. The number of fused-ring (bicyclic) bond motifs is 5. The second-order valence-corrected chi connectivity index (χ2v) is 19.6. The van der Waals surface area contributed by atoms with E-state index in [4.69, 9.17) is 0 Å². The van der Waals surface area contributed by atoms with Crippen molar-refractivity contribution in [1.29, 1.82) is 0 Å². The summed E-state index contributed by atoms with van der Waals surface area (Å²) >= 11 is 0. The zero-order valence-electron chi connectivity index (χ0n) is 38.8. The Hall–Kier alpha value is -2.74. The lowest BCUT2D eigenvalue weighted by Crippen LogP contribution is -2.62. The van der Waals surface area contributed by atoms with Crippen LogP contribution in [0.5, 0.6) is 0 Å². The van der Waals surface area contributed by atoms with E-state index in [2.05, 4.69) is 123 Å². The van der Waals surface area contributed by atoms with Gasteiger partial charge in [0.2, 0.25) is 11.8 Å². The molecule has 60 heavy (non-hydrogen) atoms. The molecule has 1 unspecified atom stereocenters. The summed E-state index contributed by atoms with van der Waals surface area (Å²) < 4.78 is 0. The van der Waals surface area contributed by atoms with E-state index in [1.807, 2.05) is 7.05 Å². The highest BCUT2D eigenvalue weighted by molar-refractivity contribution is 5.76. The van der Waals surface area contributed by atoms with E-state index in [1.165, 1.54) is 25.7 Å². The fraction of sp³-hybridized carbons (Fsp3) is 0.736. The van der Waals surface area contributed by atoms with Crippen molar-refractivity contribution in [3.63, 3.8) is 0 Å². The SMILES string of the molecule is CCC=CCC=CCC=CCC=CCC=CCC=CCCC(=O)NCCN(C)CCNC(=O)CC[C@@H](C)C1CC[C@H]2[C@@H]3[C@H](O)[C@H](CC)[C@@H]4C[C@H](O)CC[C@]4(C)[C@H]3CC[C@]12C. The highest BCUT2D eigenvalue weighted by atomic mass is 16.3. The van der Waals surface area contributed by atoms with E-state index < -0.39 is 0 Å². The van der Waals surface area contributed by atoms with Crippen molar-refractivity contribution in [2.45, 2.75) is 162 Å². The zero-order chi connectivity index (χ0) is 43.4. The number of aliphatic hydroxyl groups is 2. The van der Waals surface area contributed by atoms with Crippen LogP contribution in [0.2, 0.25) is 0 Å². The molecule has 0 heterocycles. The standard InChI is InChI=1S/C53H87N3O4/c1-7-9-10-11-12-13-14-15-16-17-18-19-20-21-22-23-24-25-26-27-48(58)54-36-38-56(6)39-37-55-49(59)31-28-41(3)44-29-30-45-50-46(33-35-52(44,45)4)53(5)34-32-42(57)40-47(53)43(8-2)51(50)60/h9-10,12-13,15-16,18-19,21-22,24-25,41-47,50-51,57,60H,7-8,11,14,17,20,23,26-40H2,1-6H3,(H,54,58)(H,55,59)/t41-,42-,43-,44?,45+,46+,47+,50+,51-,52-,53-/m1/s1. The van der Waals surface area contributed by atoms with E-state index in [1.54, 1.807) is 0 Å². The van der Waals surface area contributed by atoms with Gasteiger partial charge in [-0.15, -0.1) is 0 Å². The van der Waals surface area contributed by atoms with Crippen molar-refractivity contribution in [1.82, 2.24) is 15.5 Å². The molecule has 7 heteroatoms. The lowest BCUT2D eigenvalue weighted by Gasteiger charge is -2.64. The minimum atomic E-state index is -0.263. The Labute approximate surface area is 366 Å². The molecule has 4 saturated carbocycles. The van der Waals surface area contributed by atoms with E-state index in [0.717, 1.165) is 90.1 Å². The lowest BCUT2D eigenvalue weighted by atomic mass is 9.41. The fourth-order valence-electron chi connectivity index (χ4n) is 12.4. The normalized spacial score (nSPS) is 32.5. The smallest absolute Gasteiger partial charge is 0.220 e. The van der Waals surface area contributed by atoms with Crippen molar-refractivity contribution in [3.8, 4) is 0 Å². The first-order valence-electron chi connectivity index (χ1n) is 24.4. The maximum atomic E-state index is 13.0. The van der Waals surface area contributed by atoms with Crippen LogP contribution in [0.3, 0.4) is 0 Å². The molecule has 2 amide bonds. The second-order valence-electron chi connectivity index (χ2n) is 19.6. The molecule has 4 aliphatic rings. The van der Waals surface area contributed by atoms with E-state index in [0.29, 0.717) is 61.4 Å². The molecular weight excluding hydrogens is 743 g/mol. The summed E-state index contributed by atoms with van der Waals surface area (Å²) in [7, 11) is 2.04. The Bertz CT molecular complexity index is 1470. The van der Waals surface area contributed by atoms with Crippen LogP contribution < -0.4 is 10.6 Å². The van der Waals surface area contributed by atoms with Gasteiger partial charge in [0.05, 0.1) is 12.2 Å². The maximum Gasteiger partial charge on any atom is 0.220 e. The lowest BCUT2D eigenvalue weighted by molar-refractivity contribution is -0.203. The number of nitrogens with zero attached hydrogens (tertiary/aromatic N) is 1. The van der Waals surface area contributed by atoms with Gasteiger partial charge in [0, 0.05) is 39.0 Å². The van der Waals surface area contributed by atoms with Gasteiger partial charge in [0.1, 0.15) is 0 Å². The molecule has 338 valence electrons. The summed E-state index contributed by atoms with van der Waals surface area (Å²) in [6, 6.07) is 0. The number of hydrogen-bond donors (Lipinski definition) is 4. The summed E-state index contributed by atoms with van der Waals surface area (Å²) in [6.45, 7) is 14.5. The highest BCUT2D eigenvalue weighted by Crippen LogP contribution is 2.69. The first-order chi connectivity index (χ1) is 29.0. The van der Waals surface area contributed by atoms with Crippen LogP contribution in [0.4, 0.5) is 0 Å². The molecule has 4 aliphatic carbocycles. The monoisotopic (exact) mass is 830 g/mol. The molecule has 0 radical (unpaired) electrons. The van der Waals surface area contributed by atoms with Crippen LogP contribution in [0.15, 0.2) is 72.9 Å². The molecule has 0 bridgehead atoms. The number of rotatable bonds is 25. The number of aliphatic hydroxyl groups excluding tert-OH is 2. The van der Waals surface area contributed by atoms with Crippen molar-refractivity contribution >= 4 is 11.8 Å². The van der Waals surface area contributed by atoms with Gasteiger partial charge in [-0.05, 0) is 156 Å². The Morgan fingerprint density at radius 3 is 1.77 bits per heavy atom. The molecule has 4 N–H and O–H groups in total. The minimum absolute atomic E-state index is 0.0776. The van der Waals surface area contributed by atoms with Crippen LogP contribution >= 0.6 is 0 Å². The summed E-state index contributed by atoms with van der Waals surface area (Å²) in [5.41, 5.74) is 0.450. The van der Waals surface area contributed by atoms with E-state index >= 15 is 0 Å². The van der Waals surface area contributed by atoms with Gasteiger partial charge in [0.15, 0.2) is 0 Å². The van der Waals surface area contributed by atoms with Crippen molar-refractivity contribution < 1.29 is 19.8 Å². The first kappa shape index (κ1) is 49.9. The zero-order valence-corrected chi connectivity index (χ0v) is 38.8. The number of likely N-dealkylation sites (N-methyl/N-ethyl adjacent to an activating group) is 1. The molecule has 0 aromatic carbocycles. The molecular formula is C53H87N3O4. The Balaban J connectivity index is 1.02. The van der Waals surface area contributed by atoms with Crippen LogP contribution in [-0.4, -0.2) is 72.4 Å². The van der Waals surface area contributed by atoms with Crippen molar-refractivity contribution in [2.75, 3.05) is 33.2 Å². The summed E-state index contributed by atoms with van der Waals surface area (Å²) in [6.07, 6.45) is 43.1. The van der Waals surface area contributed by atoms with Gasteiger partial charge < -0.3 is 25.7 Å². The molecule has 0 aromatic heterocycles. The molecule has 0 aromatic rings. The molecule has 0 saturated heterocycles. The van der Waals surface area contributed by atoms with Crippen LogP contribution in [0.1, 0.15) is 150 Å². The summed E-state index contributed by atoms with van der Waals surface area (Å²) in [5, 5.41) is 28.8. The molecule has 4 fully saturated rings. The Kier molecular flexibility index (Phi) is 21.6. The number of nitrogens with one attached hydrogen (secondary N) is 2. The molecule has 4 rings (SSSR count). The number of carbonyl (C=O) groups excluding carboxylic acids is 2. The third-order valence-corrected chi connectivity index (χ3v) is 15.7. The third kappa shape index (κ3) is 14.4. The van der Waals surface area contributed by atoms with E-state index in [9.17, 15) is 19.8 Å². The predicted octanol–water partition coefficient (Wildman–Crippen LogP) is 10.7. The molecule has 0 spiro atoms. The predicted molar refractivity (Wildman–Crippen MR) is 251 cm³/mol. The van der Waals surface area contributed by atoms with Crippen LogP contribution in [0, 0.1) is 52.3 Å². The van der Waals surface area contributed by atoms with Gasteiger partial charge in [-0.1, -0.05) is 114 Å². The van der Waals surface area contributed by atoms with Crippen molar-refractivity contribution in [3.05, 3.63) is 72.9 Å². The van der Waals surface area contributed by atoms with Crippen LogP contribution in [0.25, 0.3) is 0 Å². The largest absolute Gasteiger partial charge is 0.393 e. The number of carbonyl (C=O) groups is 2. The highest BCUT2D eigenvalue weighted by Gasteiger charge is 2.64. The molecule has 0 aliphatic heterocycles. The average molecular weight is 830 g/mol. The topological polar surface area (TPSA) is 102 Å². The quantitative estimate of drug-likeness (QED) is 0.0687. The summed E-state index contributed by atoms with van der Waals surface area (Å²) in [4.78, 5) is 27.4. The van der Waals surface area contributed by atoms with Crippen LogP contribution in [-0.2, 0) is 9.59 Å². The number of allylic oxidation sites excluding steroid dienone is 12. The second kappa shape index (κ2) is 26.0. The fourth-order valence-corrected chi connectivity index (χ4v) is 12.4. The Morgan fingerprint density at radius 2 is 1.20 bits per heavy atom. The molecule has 7 nitrogen and oxygen atoms in total. The summed E-state index contributed by atoms with van der Waals surface area (Å²) in [5.74, 6) is 3.46. The third-order valence-electron chi connectivity index (χ3n) is 15.7. The van der Waals surface area contributed by atoms with Gasteiger partial charge in [-0.2, -0.15) is 0 Å². The Morgan fingerprint density at radius 1 is 0.683 bits per heavy atom. The molecule has 11 atom stereocenters. The minimum Gasteiger partial charge on any atom is -0.393 e. The van der Waals surface area contributed by atoms with Gasteiger partial charge in [0.25, 0.3) is 0 Å². The van der Waals surface area contributed by atoms with Gasteiger partial charge in [-0.3, -0.25) is 9.59 Å². The van der Waals surface area contributed by atoms with Crippen molar-refractivity contribution in [2.24, 2.45) is 52.3 Å².